The number of hydrogen-bond acceptors (Lipinski definition) is 2. The fourth-order valence-corrected chi connectivity index (χ4v) is 2.60. The van der Waals surface area contributed by atoms with Gasteiger partial charge in [-0.2, -0.15) is 0 Å². The van der Waals surface area contributed by atoms with Gasteiger partial charge in [0.05, 0.1) is 11.4 Å². The third-order valence-corrected chi connectivity index (χ3v) is 3.69. The highest BCUT2D eigenvalue weighted by molar-refractivity contribution is 5.74. The van der Waals surface area contributed by atoms with Crippen molar-refractivity contribution in [2.24, 2.45) is 4.99 Å². The number of pyridine rings is 1. The first-order chi connectivity index (χ1) is 11.3. The molecule has 3 heteroatoms. The zero-order valence-electron chi connectivity index (χ0n) is 13.2. The Hall–Kier alpha value is -2.94. The van der Waals surface area contributed by atoms with Crippen LogP contribution in [0.3, 0.4) is 0 Å². The summed E-state index contributed by atoms with van der Waals surface area (Å²) in [6.45, 7) is 5.69. The SMILES string of the molecule is C=CC=Nc1ccccc1Cc1c[nH]cc1-c1cccc(C)n1. The minimum absolute atomic E-state index is 0.805. The molecule has 0 saturated heterocycles. The number of allylic oxidation sites excluding steroid dienone is 1. The van der Waals surface area contributed by atoms with Gasteiger partial charge in [0.15, 0.2) is 0 Å². The van der Waals surface area contributed by atoms with Crippen molar-refractivity contribution in [3.05, 3.63) is 84.3 Å². The molecular formula is C20H19N3. The molecule has 0 aliphatic carbocycles. The Bertz CT molecular complexity index is 843. The first kappa shape index (κ1) is 15.0. The van der Waals surface area contributed by atoms with E-state index >= 15 is 0 Å². The van der Waals surface area contributed by atoms with Gasteiger partial charge in [-0.05, 0) is 36.2 Å². The van der Waals surface area contributed by atoms with Gasteiger partial charge in [-0.3, -0.25) is 9.98 Å². The van der Waals surface area contributed by atoms with Crippen LogP contribution in [0, 0.1) is 6.92 Å². The highest BCUT2D eigenvalue weighted by Crippen LogP contribution is 2.27. The molecule has 0 atom stereocenters. The van der Waals surface area contributed by atoms with Gasteiger partial charge < -0.3 is 4.98 Å². The highest BCUT2D eigenvalue weighted by Gasteiger charge is 2.10. The molecule has 0 bridgehead atoms. The lowest BCUT2D eigenvalue weighted by Crippen LogP contribution is -1.92. The lowest BCUT2D eigenvalue weighted by molar-refractivity contribution is 1.17. The molecule has 0 fully saturated rings. The second kappa shape index (κ2) is 6.88. The topological polar surface area (TPSA) is 41.0 Å². The number of aryl methyl sites for hydroxylation is 1. The van der Waals surface area contributed by atoms with Crippen molar-refractivity contribution in [2.75, 3.05) is 0 Å². The molecule has 0 aliphatic heterocycles. The van der Waals surface area contributed by atoms with Crippen molar-refractivity contribution < 1.29 is 0 Å². The monoisotopic (exact) mass is 301 g/mol. The van der Waals surface area contributed by atoms with E-state index < -0.39 is 0 Å². The van der Waals surface area contributed by atoms with E-state index in [-0.39, 0.29) is 0 Å². The fourth-order valence-electron chi connectivity index (χ4n) is 2.60. The summed E-state index contributed by atoms with van der Waals surface area (Å²) in [5.41, 5.74) is 6.51. The summed E-state index contributed by atoms with van der Waals surface area (Å²) in [5, 5.41) is 0. The maximum atomic E-state index is 4.63. The number of hydrogen-bond donors (Lipinski definition) is 1. The molecule has 0 aliphatic rings. The summed E-state index contributed by atoms with van der Waals surface area (Å²) < 4.78 is 0. The Morgan fingerprint density at radius 2 is 1.96 bits per heavy atom. The van der Waals surface area contributed by atoms with Crippen LogP contribution in [-0.2, 0) is 6.42 Å². The lowest BCUT2D eigenvalue weighted by atomic mass is 10.0. The van der Waals surface area contributed by atoms with E-state index in [0.29, 0.717) is 0 Å². The number of aromatic nitrogens is 2. The van der Waals surface area contributed by atoms with Crippen LogP contribution in [0.4, 0.5) is 5.69 Å². The van der Waals surface area contributed by atoms with Crippen LogP contribution < -0.4 is 0 Å². The number of nitrogens with zero attached hydrogens (tertiary/aromatic N) is 2. The van der Waals surface area contributed by atoms with E-state index in [1.54, 1.807) is 12.3 Å². The van der Waals surface area contributed by atoms with Crippen LogP contribution in [0.2, 0.25) is 0 Å². The van der Waals surface area contributed by atoms with Crippen molar-refractivity contribution in [3.8, 4) is 11.3 Å². The molecule has 1 N–H and O–H groups in total. The summed E-state index contributed by atoms with van der Waals surface area (Å²) in [4.78, 5) is 12.3. The minimum Gasteiger partial charge on any atom is -0.367 e. The predicted octanol–water partition coefficient (Wildman–Crippen LogP) is 4.86. The number of aliphatic imine (C=N–C) groups is 1. The largest absolute Gasteiger partial charge is 0.367 e. The van der Waals surface area contributed by atoms with E-state index in [4.69, 9.17) is 0 Å². The van der Waals surface area contributed by atoms with Crippen LogP contribution in [0.5, 0.6) is 0 Å². The molecule has 3 aromatic rings. The van der Waals surface area contributed by atoms with Gasteiger partial charge in [0.25, 0.3) is 0 Å². The van der Waals surface area contributed by atoms with Crippen LogP contribution in [0.1, 0.15) is 16.8 Å². The number of rotatable bonds is 5. The fraction of sp³-hybridized carbons (Fsp3) is 0.100. The maximum absolute atomic E-state index is 4.63. The van der Waals surface area contributed by atoms with E-state index in [0.717, 1.165) is 29.1 Å². The molecule has 23 heavy (non-hydrogen) atoms. The molecule has 1 aromatic carbocycles. The van der Waals surface area contributed by atoms with Gasteiger partial charge in [-0.25, -0.2) is 0 Å². The zero-order valence-corrected chi connectivity index (χ0v) is 13.2. The Kier molecular flexibility index (Phi) is 4.48. The average Bonchev–Trinajstić information content (AvgIpc) is 3.02. The Morgan fingerprint density at radius 1 is 1.09 bits per heavy atom. The summed E-state index contributed by atoms with van der Waals surface area (Å²) in [6.07, 6.45) is 8.26. The lowest BCUT2D eigenvalue weighted by Gasteiger charge is -2.07. The summed E-state index contributed by atoms with van der Waals surface area (Å²) >= 11 is 0. The van der Waals surface area contributed by atoms with Gasteiger partial charge in [-0.1, -0.05) is 36.9 Å². The normalized spacial score (nSPS) is 11.0. The molecule has 3 rings (SSSR count). The third kappa shape index (κ3) is 3.46. The van der Waals surface area contributed by atoms with Gasteiger partial charge in [0.1, 0.15) is 0 Å². The van der Waals surface area contributed by atoms with Crippen LogP contribution >= 0.6 is 0 Å². The van der Waals surface area contributed by atoms with Gasteiger partial charge in [-0.15, -0.1) is 0 Å². The van der Waals surface area contributed by atoms with Crippen LogP contribution in [0.25, 0.3) is 11.3 Å². The second-order valence-electron chi connectivity index (χ2n) is 5.38. The number of benzene rings is 1. The van der Waals surface area contributed by atoms with Gasteiger partial charge in [0.2, 0.25) is 0 Å². The second-order valence-corrected chi connectivity index (χ2v) is 5.38. The number of aromatic amines is 1. The summed E-state index contributed by atoms with van der Waals surface area (Å²) in [6, 6.07) is 14.3. The Morgan fingerprint density at radius 3 is 2.78 bits per heavy atom. The molecule has 2 heterocycles. The maximum Gasteiger partial charge on any atom is 0.0723 e. The van der Waals surface area contributed by atoms with Crippen LogP contribution in [0.15, 0.2) is 72.5 Å². The van der Waals surface area contributed by atoms with E-state index in [9.17, 15) is 0 Å². The number of para-hydroxylation sites is 1. The smallest absolute Gasteiger partial charge is 0.0723 e. The van der Waals surface area contributed by atoms with Gasteiger partial charge in [0, 0.05) is 36.3 Å². The quantitative estimate of drug-likeness (QED) is 0.671. The zero-order chi connectivity index (χ0) is 16.1. The molecule has 114 valence electrons. The molecule has 2 aromatic heterocycles. The van der Waals surface area contributed by atoms with Gasteiger partial charge >= 0.3 is 0 Å². The van der Waals surface area contributed by atoms with Crippen molar-refractivity contribution in [1.82, 2.24) is 9.97 Å². The molecule has 0 amide bonds. The van der Waals surface area contributed by atoms with E-state index in [2.05, 4.69) is 27.6 Å². The summed E-state index contributed by atoms with van der Waals surface area (Å²) in [7, 11) is 0. The third-order valence-electron chi connectivity index (χ3n) is 3.69. The van der Waals surface area contributed by atoms with Crippen molar-refractivity contribution in [1.29, 1.82) is 0 Å². The predicted molar refractivity (Wildman–Crippen MR) is 96.4 cm³/mol. The standard InChI is InChI=1S/C20H19N3/c1-3-11-22-19-9-5-4-8-16(19)12-17-13-21-14-18(17)20-10-6-7-15(2)23-20/h3-11,13-14,21H,1,12H2,2H3. The number of nitrogens with one attached hydrogen (secondary N) is 1. The van der Waals surface area contributed by atoms with Crippen molar-refractivity contribution >= 4 is 11.9 Å². The molecule has 0 unspecified atom stereocenters. The summed E-state index contributed by atoms with van der Waals surface area (Å²) in [5.74, 6) is 0. The molecule has 0 saturated carbocycles. The molecule has 3 nitrogen and oxygen atoms in total. The first-order valence-electron chi connectivity index (χ1n) is 7.60. The van der Waals surface area contributed by atoms with E-state index in [1.807, 2.05) is 55.7 Å². The molecule has 0 radical (unpaired) electrons. The van der Waals surface area contributed by atoms with Crippen molar-refractivity contribution in [3.63, 3.8) is 0 Å². The highest BCUT2D eigenvalue weighted by atomic mass is 14.7. The Balaban J connectivity index is 1.95. The molecular weight excluding hydrogens is 282 g/mol. The Labute approximate surface area is 136 Å². The first-order valence-corrected chi connectivity index (χ1v) is 7.60. The molecule has 0 spiro atoms. The van der Waals surface area contributed by atoms with Crippen LogP contribution in [-0.4, -0.2) is 16.2 Å². The minimum atomic E-state index is 0.805. The van der Waals surface area contributed by atoms with Crippen molar-refractivity contribution in [2.45, 2.75) is 13.3 Å². The van der Waals surface area contributed by atoms with E-state index in [1.165, 1.54) is 11.1 Å². The average molecular weight is 301 g/mol. The number of H-pyrrole nitrogens is 1.